The summed E-state index contributed by atoms with van der Waals surface area (Å²) in [6.07, 6.45) is 0. The zero-order valence-electron chi connectivity index (χ0n) is 19.4. The van der Waals surface area contributed by atoms with Gasteiger partial charge in [-0.15, -0.1) is 0 Å². The molecule has 35 heavy (non-hydrogen) atoms. The van der Waals surface area contributed by atoms with Crippen LogP contribution in [0.3, 0.4) is 0 Å². The minimum atomic E-state index is -0.547. The largest absolute Gasteiger partial charge is 0.395 e. The van der Waals surface area contributed by atoms with E-state index in [1.165, 1.54) is 18.2 Å². The van der Waals surface area contributed by atoms with E-state index in [0.717, 1.165) is 0 Å². The molecule has 1 aromatic rings. The Bertz CT molecular complexity index is 809. The van der Waals surface area contributed by atoms with Crippen LogP contribution in [0, 0.1) is 0 Å². The van der Waals surface area contributed by atoms with Crippen LogP contribution in [-0.4, -0.2) is 107 Å². The molecule has 0 radical (unpaired) electrons. The average Bonchev–Trinajstić information content (AvgIpc) is 2.87. The lowest BCUT2D eigenvalue weighted by molar-refractivity contribution is 0.0166. The van der Waals surface area contributed by atoms with Gasteiger partial charge in [0, 0.05) is 47.8 Å². The fourth-order valence-corrected chi connectivity index (χ4v) is 2.59. The molecule has 0 saturated carbocycles. The molecule has 0 saturated heterocycles. The van der Waals surface area contributed by atoms with Crippen LogP contribution in [0.5, 0.6) is 0 Å². The molecule has 0 atom stereocenters. The smallest absolute Gasteiger partial charge is 0.251 e. The van der Waals surface area contributed by atoms with Crippen molar-refractivity contribution in [2.24, 2.45) is 5.11 Å². The third-order valence-corrected chi connectivity index (χ3v) is 4.19. The van der Waals surface area contributed by atoms with E-state index in [2.05, 4.69) is 26.0 Å². The van der Waals surface area contributed by atoms with E-state index in [4.69, 9.17) is 30.0 Å². The van der Waals surface area contributed by atoms with Crippen molar-refractivity contribution in [1.82, 2.24) is 16.0 Å². The zero-order valence-corrected chi connectivity index (χ0v) is 19.4. The van der Waals surface area contributed by atoms with Gasteiger partial charge in [-0.3, -0.25) is 14.4 Å². The van der Waals surface area contributed by atoms with Gasteiger partial charge in [-0.2, -0.15) is 0 Å². The molecule has 194 valence electrons. The molecule has 0 heterocycles. The van der Waals surface area contributed by atoms with Gasteiger partial charge in [0.25, 0.3) is 17.7 Å². The van der Waals surface area contributed by atoms with Crippen LogP contribution in [0.15, 0.2) is 23.3 Å². The lowest BCUT2D eigenvalue weighted by atomic mass is 10.0. The highest BCUT2D eigenvalue weighted by atomic mass is 16.5. The van der Waals surface area contributed by atoms with Crippen molar-refractivity contribution >= 4 is 17.7 Å². The van der Waals surface area contributed by atoms with Gasteiger partial charge < -0.3 is 40.4 Å². The second kappa shape index (κ2) is 19.1. The van der Waals surface area contributed by atoms with Crippen molar-refractivity contribution in [3.63, 3.8) is 0 Å². The molecule has 0 aromatic heterocycles. The number of hydrogen-bond acceptors (Lipinski definition) is 9. The van der Waals surface area contributed by atoms with Crippen LogP contribution < -0.4 is 16.0 Å². The lowest BCUT2D eigenvalue weighted by Gasteiger charge is -2.11. The molecule has 0 aliphatic carbocycles. The third kappa shape index (κ3) is 13.3. The maximum atomic E-state index is 12.5. The highest BCUT2D eigenvalue weighted by molar-refractivity contribution is 6.04. The summed E-state index contributed by atoms with van der Waals surface area (Å²) in [5.41, 5.74) is 8.38. The molecule has 3 amide bonds. The summed E-state index contributed by atoms with van der Waals surface area (Å²) < 4.78 is 15.9. The Kier molecular flexibility index (Phi) is 16.2. The molecular formula is C21H32N6O8. The summed E-state index contributed by atoms with van der Waals surface area (Å²) in [7, 11) is 0. The summed E-state index contributed by atoms with van der Waals surface area (Å²) in [6.45, 7) is 1.92. The van der Waals surface area contributed by atoms with Gasteiger partial charge in [0.05, 0.1) is 52.9 Å². The van der Waals surface area contributed by atoms with Gasteiger partial charge >= 0.3 is 0 Å². The molecule has 0 unspecified atom stereocenters. The first-order valence-corrected chi connectivity index (χ1v) is 11.0. The quantitative estimate of drug-likeness (QED) is 0.0709. The van der Waals surface area contributed by atoms with Gasteiger partial charge in [0.2, 0.25) is 0 Å². The van der Waals surface area contributed by atoms with Crippen molar-refractivity contribution in [2.75, 3.05) is 79.0 Å². The fourth-order valence-electron chi connectivity index (χ4n) is 2.59. The first-order chi connectivity index (χ1) is 17.0. The predicted molar refractivity (Wildman–Crippen MR) is 124 cm³/mol. The lowest BCUT2D eigenvalue weighted by Crippen LogP contribution is -2.31. The van der Waals surface area contributed by atoms with Crippen LogP contribution in [0.25, 0.3) is 10.4 Å². The van der Waals surface area contributed by atoms with E-state index in [-0.39, 0.29) is 62.7 Å². The van der Waals surface area contributed by atoms with Crippen LogP contribution in [0.1, 0.15) is 31.1 Å². The minimum Gasteiger partial charge on any atom is -0.395 e. The maximum absolute atomic E-state index is 12.5. The van der Waals surface area contributed by atoms with Gasteiger partial charge in [0.1, 0.15) is 0 Å². The molecule has 1 rings (SSSR count). The molecule has 0 aliphatic heterocycles. The van der Waals surface area contributed by atoms with Gasteiger partial charge in [-0.25, -0.2) is 0 Å². The molecule has 14 nitrogen and oxygen atoms in total. The second-order valence-corrected chi connectivity index (χ2v) is 6.81. The molecule has 5 N–H and O–H groups in total. The van der Waals surface area contributed by atoms with Crippen molar-refractivity contribution in [2.45, 2.75) is 0 Å². The molecule has 0 bridgehead atoms. The van der Waals surface area contributed by atoms with Crippen molar-refractivity contribution in [3.05, 3.63) is 45.3 Å². The Hall–Kier alpha value is -3.26. The monoisotopic (exact) mass is 496 g/mol. The van der Waals surface area contributed by atoms with Crippen LogP contribution in [-0.2, 0) is 14.2 Å². The number of aliphatic hydroxyl groups is 2. The summed E-state index contributed by atoms with van der Waals surface area (Å²) in [6, 6.07) is 4.01. The number of nitrogens with zero attached hydrogens (tertiary/aromatic N) is 3. The zero-order chi connectivity index (χ0) is 25.7. The molecule has 0 fully saturated rings. The van der Waals surface area contributed by atoms with Crippen molar-refractivity contribution in [3.8, 4) is 0 Å². The van der Waals surface area contributed by atoms with Crippen LogP contribution in [0.4, 0.5) is 0 Å². The third-order valence-electron chi connectivity index (χ3n) is 4.19. The van der Waals surface area contributed by atoms with E-state index in [1.54, 1.807) is 0 Å². The van der Waals surface area contributed by atoms with Gasteiger partial charge in [0.15, 0.2) is 0 Å². The Morgan fingerprint density at radius 3 is 1.54 bits per heavy atom. The van der Waals surface area contributed by atoms with Crippen LogP contribution >= 0.6 is 0 Å². The summed E-state index contributed by atoms with van der Waals surface area (Å²) in [4.78, 5) is 39.7. The first-order valence-electron chi connectivity index (χ1n) is 11.0. The van der Waals surface area contributed by atoms with Gasteiger partial charge in [-0.1, -0.05) is 5.11 Å². The number of carbonyl (C=O) groups is 3. The predicted octanol–water partition coefficient (Wildman–Crippen LogP) is -0.779. The van der Waals surface area contributed by atoms with E-state index in [9.17, 15) is 14.4 Å². The number of ether oxygens (including phenoxy) is 3. The SMILES string of the molecule is [N-]=[N+]=NCCOCCOCCOCCNC(=O)c1cc(C(=O)NCCO)cc(C(=O)NCCO)c1. The average molecular weight is 497 g/mol. The Labute approximate surface area is 202 Å². The van der Waals surface area contributed by atoms with E-state index in [1.807, 2.05) is 0 Å². The number of benzene rings is 1. The number of azide groups is 1. The van der Waals surface area contributed by atoms with E-state index >= 15 is 0 Å². The number of aliphatic hydroxyl groups excluding tert-OH is 2. The maximum Gasteiger partial charge on any atom is 0.251 e. The van der Waals surface area contributed by atoms with Crippen molar-refractivity contribution < 1.29 is 38.8 Å². The normalized spacial score (nSPS) is 10.3. The standard InChI is InChI=1S/C21H32N6O8/c22-27-26-4-8-34-10-12-35-11-9-33-7-3-25-21(32)18-14-16(19(30)23-1-5-28)13-17(15-18)20(31)24-2-6-29/h13-15,28-29H,1-12H2,(H,23,30)(H,24,31)(H,25,32). The highest BCUT2D eigenvalue weighted by Crippen LogP contribution is 2.11. The number of carbonyl (C=O) groups excluding carboxylic acids is 3. The Balaban J connectivity index is 2.46. The van der Waals surface area contributed by atoms with Gasteiger partial charge in [-0.05, 0) is 23.7 Å². The summed E-state index contributed by atoms with van der Waals surface area (Å²) >= 11 is 0. The van der Waals surface area contributed by atoms with Crippen LogP contribution in [0.2, 0.25) is 0 Å². The molecule has 0 spiro atoms. The topological polar surface area (TPSA) is 204 Å². The number of rotatable bonds is 19. The molecule has 1 aromatic carbocycles. The molecule has 14 heteroatoms. The number of hydrogen-bond donors (Lipinski definition) is 5. The number of amides is 3. The Morgan fingerprint density at radius 2 is 1.11 bits per heavy atom. The summed E-state index contributed by atoms with van der Waals surface area (Å²) in [5.74, 6) is -1.60. The van der Waals surface area contributed by atoms with E-state index < -0.39 is 17.7 Å². The molecular weight excluding hydrogens is 464 g/mol. The Morgan fingerprint density at radius 1 is 0.714 bits per heavy atom. The summed E-state index contributed by atoms with van der Waals surface area (Å²) in [5, 5.41) is 28.7. The minimum absolute atomic E-state index is 0.0206. The van der Waals surface area contributed by atoms with E-state index in [0.29, 0.717) is 33.0 Å². The highest BCUT2D eigenvalue weighted by Gasteiger charge is 2.16. The fraction of sp³-hybridized carbons (Fsp3) is 0.571. The molecule has 0 aliphatic rings. The van der Waals surface area contributed by atoms with Crippen molar-refractivity contribution in [1.29, 1.82) is 0 Å². The first kappa shape index (κ1) is 29.8. The second-order valence-electron chi connectivity index (χ2n) is 6.81. The number of nitrogens with one attached hydrogen (secondary N) is 3.